The zero-order valence-electron chi connectivity index (χ0n) is 15.0. The second-order valence-electron chi connectivity index (χ2n) is 5.87. The standard InChI is InChI=1S/C19H22N4OS/c1-5-22(6-2)16-9-7-15(8-10-16)11-21-23-12-20-18-17(19(23)24)13(3)14(4)25-18/h7-12H,5-6H2,1-4H3/b21-11+. The average Bonchev–Trinajstić information content (AvgIpc) is 2.91. The van der Waals surface area contributed by atoms with Gasteiger partial charge in [-0.2, -0.15) is 9.78 Å². The van der Waals surface area contributed by atoms with Crippen molar-refractivity contribution in [2.45, 2.75) is 27.7 Å². The van der Waals surface area contributed by atoms with Crippen LogP contribution in [0.25, 0.3) is 10.2 Å². The summed E-state index contributed by atoms with van der Waals surface area (Å²) >= 11 is 1.54. The highest BCUT2D eigenvalue weighted by Crippen LogP contribution is 2.25. The third-order valence-corrected chi connectivity index (χ3v) is 5.54. The van der Waals surface area contributed by atoms with Crippen LogP contribution in [0, 0.1) is 13.8 Å². The lowest BCUT2D eigenvalue weighted by molar-refractivity contribution is 0.818. The molecule has 2 heterocycles. The first-order chi connectivity index (χ1) is 12.0. The lowest BCUT2D eigenvalue weighted by atomic mass is 10.2. The van der Waals surface area contributed by atoms with Gasteiger partial charge in [0.2, 0.25) is 0 Å². The van der Waals surface area contributed by atoms with Crippen LogP contribution in [0.5, 0.6) is 0 Å². The predicted octanol–water partition coefficient (Wildman–Crippen LogP) is 3.80. The minimum Gasteiger partial charge on any atom is -0.372 e. The Kier molecular flexibility index (Phi) is 4.99. The molecule has 0 fully saturated rings. The van der Waals surface area contributed by atoms with Gasteiger partial charge < -0.3 is 4.90 Å². The molecule has 0 aliphatic rings. The molecule has 0 spiro atoms. The molecule has 0 N–H and O–H groups in total. The van der Waals surface area contributed by atoms with E-state index >= 15 is 0 Å². The number of benzene rings is 1. The van der Waals surface area contributed by atoms with Crippen molar-refractivity contribution in [3.63, 3.8) is 0 Å². The van der Waals surface area contributed by atoms with Crippen molar-refractivity contribution in [2.75, 3.05) is 18.0 Å². The molecule has 6 heteroatoms. The van der Waals surface area contributed by atoms with Crippen molar-refractivity contribution in [3.8, 4) is 0 Å². The number of fused-ring (bicyclic) bond motifs is 1. The second kappa shape index (κ2) is 7.19. The molecule has 130 valence electrons. The summed E-state index contributed by atoms with van der Waals surface area (Å²) in [4.78, 5) is 21.1. The first-order valence-electron chi connectivity index (χ1n) is 8.41. The number of thiophene rings is 1. The van der Waals surface area contributed by atoms with E-state index in [4.69, 9.17) is 0 Å². The summed E-state index contributed by atoms with van der Waals surface area (Å²) in [5.41, 5.74) is 3.00. The van der Waals surface area contributed by atoms with E-state index in [1.807, 2.05) is 26.0 Å². The highest BCUT2D eigenvalue weighted by Gasteiger charge is 2.11. The second-order valence-corrected chi connectivity index (χ2v) is 7.07. The molecule has 0 amide bonds. The molecule has 2 aromatic heterocycles. The number of anilines is 1. The van der Waals surface area contributed by atoms with Gasteiger partial charge in [-0.05, 0) is 51.0 Å². The zero-order valence-corrected chi connectivity index (χ0v) is 15.8. The molecule has 0 saturated heterocycles. The lowest BCUT2D eigenvalue weighted by Gasteiger charge is -2.20. The first-order valence-corrected chi connectivity index (χ1v) is 9.23. The van der Waals surface area contributed by atoms with Gasteiger partial charge in [0.15, 0.2) is 0 Å². The maximum absolute atomic E-state index is 12.6. The average molecular weight is 354 g/mol. The van der Waals surface area contributed by atoms with Crippen molar-refractivity contribution in [1.82, 2.24) is 9.66 Å². The van der Waals surface area contributed by atoms with Crippen molar-refractivity contribution in [1.29, 1.82) is 0 Å². The van der Waals surface area contributed by atoms with E-state index in [0.717, 1.165) is 33.9 Å². The Morgan fingerprint density at radius 1 is 1.20 bits per heavy atom. The van der Waals surface area contributed by atoms with Gasteiger partial charge in [0.1, 0.15) is 11.2 Å². The van der Waals surface area contributed by atoms with Crippen LogP contribution in [0.2, 0.25) is 0 Å². The van der Waals surface area contributed by atoms with Crippen LogP contribution in [-0.2, 0) is 0 Å². The summed E-state index contributed by atoms with van der Waals surface area (Å²) in [7, 11) is 0. The fraction of sp³-hybridized carbons (Fsp3) is 0.316. The van der Waals surface area contributed by atoms with Crippen LogP contribution >= 0.6 is 11.3 Å². The molecule has 0 aliphatic heterocycles. The largest absolute Gasteiger partial charge is 0.372 e. The number of rotatable bonds is 5. The van der Waals surface area contributed by atoms with Crippen LogP contribution in [-0.4, -0.2) is 29.0 Å². The maximum Gasteiger partial charge on any atom is 0.282 e. The topological polar surface area (TPSA) is 50.5 Å². The molecule has 0 radical (unpaired) electrons. The highest BCUT2D eigenvalue weighted by atomic mass is 32.1. The maximum atomic E-state index is 12.6. The molecule has 0 aliphatic carbocycles. The minimum atomic E-state index is -0.122. The molecule has 0 atom stereocenters. The van der Waals surface area contributed by atoms with Crippen molar-refractivity contribution >= 4 is 33.5 Å². The monoisotopic (exact) mass is 354 g/mol. The molecule has 3 rings (SSSR count). The number of aromatic nitrogens is 2. The van der Waals surface area contributed by atoms with Crippen LogP contribution in [0.4, 0.5) is 5.69 Å². The van der Waals surface area contributed by atoms with E-state index in [9.17, 15) is 4.79 Å². The molecule has 3 aromatic rings. The Bertz CT molecular complexity index is 965. The summed E-state index contributed by atoms with van der Waals surface area (Å²) in [6, 6.07) is 8.16. The van der Waals surface area contributed by atoms with Gasteiger partial charge in [-0.1, -0.05) is 12.1 Å². The van der Waals surface area contributed by atoms with E-state index in [1.54, 1.807) is 17.6 Å². The van der Waals surface area contributed by atoms with Crippen LogP contribution in [0.3, 0.4) is 0 Å². The van der Waals surface area contributed by atoms with Gasteiger partial charge in [0.25, 0.3) is 5.56 Å². The van der Waals surface area contributed by atoms with Crippen molar-refractivity contribution in [2.24, 2.45) is 5.10 Å². The van der Waals surface area contributed by atoms with Gasteiger partial charge in [-0.3, -0.25) is 4.79 Å². The Hall–Kier alpha value is -2.47. The van der Waals surface area contributed by atoms with Crippen LogP contribution in [0.15, 0.2) is 40.5 Å². The van der Waals surface area contributed by atoms with Gasteiger partial charge in [0, 0.05) is 23.7 Å². The number of hydrogen-bond acceptors (Lipinski definition) is 5. The first kappa shape index (κ1) is 17.4. The third kappa shape index (κ3) is 3.35. The summed E-state index contributed by atoms with van der Waals surface area (Å²) < 4.78 is 1.31. The molecule has 0 bridgehead atoms. The molecule has 1 aromatic carbocycles. The lowest BCUT2D eigenvalue weighted by Crippen LogP contribution is -2.21. The number of nitrogens with zero attached hydrogens (tertiary/aromatic N) is 4. The fourth-order valence-corrected chi connectivity index (χ4v) is 3.78. The normalized spacial score (nSPS) is 11.5. The van der Waals surface area contributed by atoms with Crippen LogP contribution in [0.1, 0.15) is 29.9 Å². The SMILES string of the molecule is CCN(CC)c1ccc(/C=N/n2cnc3sc(C)c(C)c3c2=O)cc1. The van der Waals surface area contributed by atoms with E-state index in [2.05, 4.69) is 41.0 Å². The summed E-state index contributed by atoms with van der Waals surface area (Å²) in [5.74, 6) is 0. The van der Waals surface area contributed by atoms with Gasteiger partial charge in [-0.25, -0.2) is 4.98 Å². The Balaban J connectivity index is 1.89. The minimum absolute atomic E-state index is 0.122. The molecule has 0 saturated carbocycles. The summed E-state index contributed by atoms with van der Waals surface area (Å²) in [6.45, 7) is 10.2. The van der Waals surface area contributed by atoms with Gasteiger partial charge in [0.05, 0.1) is 11.6 Å². The van der Waals surface area contributed by atoms with Crippen molar-refractivity contribution < 1.29 is 0 Å². The Morgan fingerprint density at radius 3 is 2.52 bits per heavy atom. The van der Waals surface area contributed by atoms with Gasteiger partial charge in [-0.15, -0.1) is 11.3 Å². The summed E-state index contributed by atoms with van der Waals surface area (Å²) in [5, 5.41) is 4.96. The van der Waals surface area contributed by atoms with Crippen molar-refractivity contribution in [3.05, 3.63) is 57.0 Å². The molecule has 0 unspecified atom stereocenters. The molecule has 25 heavy (non-hydrogen) atoms. The quantitative estimate of drug-likeness (QED) is 0.655. The van der Waals surface area contributed by atoms with E-state index < -0.39 is 0 Å². The Labute approximate surface area is 151 Å². The predicted molar refractivity (Wildman–Crippen MR) is 106 cm³/mol. The number of aryl methyl sites for hydroxylation is 2. The van der Waals surface area contributed by atoms with Gasteiger partial charge >= 0.3 is 0 Å². The zero-order chi connectivity index (χ0) is 18.0. The van der Waals surface area contributed by atoms with E-state index in [0.29, 0.717) is 5.39 Å². The smallest absolute Gasteiger partial charge is 0.282 e. The Morgan fingerprint density at radius 2 is 1.88 bits per heavy atom. The van der Waals surface area contributed by atoms with E-state index in [-0.39, 0.29) is 5.56 Å². The third-order valence-electron chi connectivity index (χ3n) is 4.43. The van der Waals surface area contributed by atoms with E-state index in [1.165, 1.54) is 16.7 Å². The molecular weight excluding hydrogens is 332 g/mol. The fourth-order valence-electron chi connectivity index (χ4n) is 2.80. The number of hydrogen-bond donors (Lipinski definition) is 0. The highest BCUT2D eigenvalue weighted by molar-refractivity contribution is 7.18. The summed E-state index contributed by atoms with van der Waals surface area (Å²) in [6.07, 6.45) is 3.18. The van der Waals surface area contributed by atoms with Crippen LogP contribution < -0.4 is 10.5 Å². The molecule has 5 nitrogen and oxygen atoms in total. The molecular formula is C19H22N4OS.